The number of fused-ring (bicyclic) bond motifs is 1. The second kappa shape index (κ2) is 17.1. The predicted molar refractivity (Wildman–Crippen MR) is 189 cm³/mol. The van der Waals surface area contributed by atoms with E-state index in [9.17, 15) is 31.0 Å². The molecule has 5 aromatic rings. The first-order valence-corrected chi connectivity index (χ1v) is 18.9. The van der Waals surface area contributed by atoms with Crippen LogP contribution < -0.4 is 69.2 Å². The maximum absolute atomic E-state index is 11.8. The van der Waals surface area contributed by atoms with Crippen LogP contribution in [0.5, 0.6) is 17.2 Å². The molecule has 1 aliphatic rings. The Hall–Kier alpha value is -2.82. The zero-order chi connectivity index (χ0) is 35.8. The van der Waals surface area contributed by atoms with E-state index < -0.39 is 36.1 Å². The third kappa shape index (κ3) is 9.64. The zero-order valence-corrected chi connectivity index (χ0v) is 35.2. The summed E-state index contributed by atoms with van der Waals surface area (Å²) in [6, 6.07) is 23.3. The van der Waals surface area contributed by atoms with Gasteiger partial charge in [-0.2, -0.15) is 5.11 Å². The van der Waals surface area contributed by atoms with E-state index in [2.05, 4.69) is 15.5 Å². The van der Waals surface area contributed by atoms with Crippen molar-refractivity contribution >= 4 is 53.8 Å². The predicted octanol–water partition coefficient (Wildman–Crippen LogP) is 2.91. The maximum Gasteiger partial charge on any atom is 1.00 e. The maximum atomic E-state index is 11.8. The Kier molecular flexibility index (Phi) is 13.8. The van der Waals surface area contributed by atoms with Crippen molar-refractivity contribution in [1.29, 1.82) is 0 Å². The molecule has 0 saturated heterocycles. The van der Waals surface area contributed by atoms with Crippen molar-refractivity contribution < 1.29 is 94.9 Å². The number of ether oxygens (including phenoxy) is 1. The van der Waals surface area contributed by atoms with E-state index in [1.807, 2.05) is 32.9 Å². The zero-order valence-electron chi connectivity index (χ0n) is 29.6. The van der Waals surface area contributed by atoms with Gasteiger partial charge in [-0.05, 0) is 116 Å². The molecule has 0 aliphatic heterocycles. The quantitative estimate of drug-likeness (QED) is 0.130. The van der Waals surface area contributed by atoms with Crippen molar-refractivity contribution in [2.45, 2.75) is 62.5 Å². The monoisotopic (exact) mass is 759 g/mol. The van der Waals surface area contributed by atoms with E-state index >= 15 is 0 Å². The normalized spacial score (nSPS) is 16.2. The fourth-order valence-electron chi connectivity index (χ4n) is 6.69. The Balaban J connectivity index is 0.00000302. The van der Waals surface area contributed by atoms with Gasteiger partial charge in [0.2, 0.25) is 0 Å². The molecule has 1 aliphatic carbocycles. The van der Waals surface area contributed by atoms with Crippen molar-refractivity contribution in [3.63, 3.8) is 0 Å². The number of azo groups is 1. The minimum Gasteiger partial charge on any atom is -0.748 e. The van der Waals surface area contributed by atoms with Crippen LogP contribution in [0.2, 0.25) is 0 Å². The van der Waals surface area contributed by atoms with Gasteiger partial charge in [0.05, 0.1) is 37.0 Å². The molecule has 5 aromatic carbocycles. The van der Waals surface area contributed by atoms with Crippen LogP contribution in [-0.4, -0.2) is 36.3 Å². The summed E-state index contributed by atoms with van der Waals surface area (Å²) in [5.41, 5.74) is 5.90. The van der Waals surface area contributed by atoms with E-state index in [4.69, 9.17) is 4.74 Å². The summed E-state index contributed by atoms with van der Waals surface area (Å²) < 4.78 is 76.7. The third-order valence-corrected chi connectivity index (χ3v) is 11.1. The molecule has 0 spiro atoms. The molecule has 0 heterocycles. The number of phenols is 1. The van der Waals surface area contributed by atoms with Gasteiger partial charge in [0.25, 0.3) is 0 Å². The molecule has 260 valence electrons. The molecule has 6 rings (SSSR count). The first-order chi connectivity index (χ1) is 23.7. The molecule has 0 radical (unpaired) electrons. The summed E-state index contributed by atoms with van der Waals surface area (Å²) in [7, 11) is -9.22. The number of phenolic OH excluding ortho intramolecular Hbond substituents is 1. The van der Waals surface area contributed by atoms with Gasteiger partial charge < -0.3 is 24.3 Å². The van der Waals surface area contributed by atoms with Crippen LogP contribution in [0.25, 0.3) is 10.8 Å². The molecular weight excluding hydrogens is 725 g/mol. The van der Waals surface area contributed by atoms with Gasteiger partial charge in [-0.25, -0.2) is 16.8 Å². The first-order valence-electron chi connectivity index (χ1n) is 16.0. The van der Waals surface area contributed by atoms with Gasteiger partial charge in [-0.3, -0.25) is 0 Å². The number of rotatable bonds is 9. The van der Waals surface area contributed by atoms with Crippen LogP contribution in [-0.2, 0) is 20.2 Å². The van der Waals surface area contributed by atoms with E-state index in [1.165, 1.54) is 6.07 Å². The molecule has 0 bridgehead atoms. The number of nitrogens with one attached hydrogen (secondary N) is 1. The molecular formula is C37H35N3Na2O8S2. The Morgan fingerprint density at radius 3 is 1.96 bits per heavy atom. The van der Waals surface area contributed by atoms with Crippen molar-refractivity contribution in [2.24, 2.45) is 10.2 Å². The van der Waals surface area contributed by atoms with Gasteiger partial charge in [0, 0.05) is 5.69 Å². The van der Waals surface area contributed by atoms with Gasteiger partial charge in [-0.15, -0.1) is 5.11 Å². The van der Waals surface area contributed by atoms with Crippen molar-refractivity contribution in [2.75, 3.05) is 5.32 Å². The molecule has 2 N–H and O–H groups in total. The van der Waals surface area contributed by atoms with Crippen molar-refractivity contribution in [3.05, 3.63) is 107 Å². The third-order valence-electron chi connectivity index (χ3n) is 8.99. The molecule has 0 amide bonds. The molecule has 15 heteroatoms. The number of aryl methyl sites for hydroxylation is 3. The fourth-order valence-corrected chi connectivity index (χ4v) is 8.37. The van der Waals surface area contributed by atoms with Crippen LogP contribution in [0.1, 0.15) is 53.9 Å². The topological polar surface area (TPSA) is 181 Å². The van der Waals surface area contributed by atoms with Gasteiger partial charge >= 0.3 is 59.1 Å². The molecule has 11 nitrogen and oxygen atoms in total. The number of nitrogens with zero attached hydrogens (tertiary/aromatic N) is 2. The number of aromatic hydroxyl groups is 1. The summed E-state index contributed by atoms with van der Waals surface area (Å²) in [5.74, 6) is 0.270. The molecule has 1 fully saturated rings. The van der Waals surface area contributed by atoms with Crippen LogP contribution in [0, 0.1) is 20.8 Å². The van der Waals surface area contributed by atoms with Gasteiger partial charge in [-0.1, -0.05) is 48.7 Å². The summed E-state index contributed by atoms with van der Waals surface area (Å²) in [6.07, 6.45) is 2.62. The second-order valence-electron chi connectivity index (χ2n) is 12.6. The van der Waals surface area contributed by atoms with Crippen LogP contribution in [0.3, 0.4) is 0 Å². The first kappa shape index (κ1) is 41.9. The van der Waals surface area contributed by atoms with E-state index in [-0.39, 0.29) is 76.1 Å². The molecule has 2 atom stereocenters. The smallest absolute Gasteiger partial charge is 0.748 e. The van der Waals surface area contributed by atoms with Gasteiger partial charge in [0.1, 0.15) is 33.1 Å². The Bertz CT molecular complexity index is 2310. The average Bonchev–Trinajstić information content (AvgIpc) is 3.06. The van der Waals surface area contributed by atoms with E-state index in [1.54, 1.807) is 60.7 Å². The standard InChI is InChI=1S/C37H37N3O8S2.2Na/c1-22-18-23(2)36(24(3)19-22)38-32-17-10-26-20-30(49(42,43)44)21-33(41)35(26)37(32)40-39-27-11-15-29(16-12-27)48-28-13-8-25(9-14-28)31-6-4-5-7-34(31)50(45,46)47;;/h8-21,31,34,38,41H,4-7H2,1-3H3,(H,42,43,44)(H,45,46,47);;/q;2*+1/p-2. The second-order valence-corrected chi connectivity index (χ2v) is 15.6. The Morgan fingerprint density at radius 2 is 1.37 bits per heavy atom. The van der Waals surface area contributed by atoms with E-state index in [0.717, 1.165) is 46.8 Å². The van der Waals surface area contributed by atoms with Crippen molar-refractivity contribution in [1.82, 2.24) is 0 Å². The summed E-state index contributed by atoms with van der Waals surface area (Å²) in [5, 5.41) is 22.8. The SMILES string of the molecule is Cc1cc(C)c(Nc2ccc3cc(S(=O)(=O)[O-])cc(O)c3c2N=Nc2ccc(Oc3ccc(C4CCCCC4S(=O)(=O)[O-])cc3)cc2)c(C)c1.[Na+].[Na+]. The number of benzene rings is 5. The van der Waals surface area contributed by atoms with Crippen LogP contribution >= 0.6 is 0 Å². The summed E-state index contributed by atoms with van der Waals surface area (Å²) >= 11 is 0. The summed E-state index contributed by atoms with van der Waals surface area (Å²) in [4.78, 5) is -0.560. The average molecular weight is 760 g/mol. The molecule has 1 saturated carbocycles. The number of hydrogen-bond donors (Lipinski definition) is 2. The Labute approximate surface area is 348 Å². The van der Waals surface area contributed by atoms with Crippen LogP contribution in [0.15, 0.2) is 100 Å². The molecule has 0 aromatic heterocycles. The molecule has 2 unspecified atom stereocenters. The van der Waals surface area contributed by atoms with Gasteiger partial charge in [0.15, 0.2) is 0 Å². The largest absolute Gasteiger partial charge is 1.00 e. The Morgan fingerprint density at radius 1 is 0.769 bits per heavy atom. The van der Waals surface area contributed by atoms with Crippen molar-refractivity contribution in [3.8, 4) is 17.2 Å². The summed E-state index contributed by atoms with van der Waals surface area (Å²) in [6.45, 7) is 5.95. The van der Waals surface area contributed by atoms with Crippen LogP contribution in [0.4, 0.5) is 22.7 Å². The number of anilines is 2. The molecule has 52 heavy (non-hydrogen) atoms. The number of hydrogen-bond acceptors (Lipinski definition) is 11. The minimum atomic E-state index is -4.83. The minimum absolute atomic E-state index is 0. The van der Waals surface area contributed by atoms with E-state index in [0.29, 0.717) is 41.1 Å². The fraction of sp³-hybridized carbons (Fsp3) is 0.243.